The van der Waals surface area contributed by atoms with Crippen LogP contribution in [0.4, 0.5) is 10.1 Å². The molecule has 4 nitrogen and oxygen atoms in total. The molecule has 0 unspecified atom stereocenters. The number of nitrogens with zero attached hydrogens (tertiary/aromatic N) is 2. The first-order valence-corrected chi connectivity index (χ1v) is 11.7. The van der Waals surface area contributed by atoms with Crippen molar-refractivity contribution in [2.45, 2.75) is 10.6 Å². The molecule has 1 saturated heterocycles. The van der Waals surface area contributed by atoms with E-state index in [1.807, 2.05) is 47.4 Å². The molecule has 0 aliphatic carbocycles. The molecule has 0 saturated carbocycles. The van der Waals surface area contributed by atoms with Crippen LogP contribution >= 0.6 is 23.4 Å². The second-order valence-corrected chi connectivity index (χ2v) is 9.01. The Morgan fingerprint density at radius 3 is 2.34 bits per heavy atom. The monoisotopic (exact) mass is 470 g/mol. The highest BCUT2D eigenvalue weighted by Gasteiger charge is 2.23. The number of piperazine rings is 1. The largest absolute Gasteiger partial charge is 0.496 e. The second kappa shape index (κ2) is 10.3. The molecule has 166 valence electrons. The predicted molar refractivity (Wildman–Crippen MR) is 129 cm³/mol. The highest BCUT2D eigenvalue weighted by atomic mass is 35.5. The van der Waals surface area contributed by atoms with E-state index in [0.717, 1.165) is 21.9 Å². The summed E-state index contributed by atoms with van der Waals surface area (Å²) in [5.41, 5.74) is 2.61. The Bertz CT molecular complexity index is 1070. The van der Waals surface area contributed by atoms with Gasteiger partial charge in [0.25, 0.3) is 5.91 Å². The van der Waals surface area contributed by atoms with Gasteiger partial charge in [-0.2, -0.15) is 0 Å². The van der Waals surface area contributed by atoms with Crippen LogP contribution in [0.3, 0.4) is 0 Å². The third-order valence-corrected chi connectivity index (χ3v) is 6.81. The summed E-state index contributed by atoms with van der Waals surface area (Å²) in [4.78, 5) is 18.3. The molecule has 0 radical (unpaired) electrons. The fourth-order valence-electron chi connectivity index (χ4n) is 3.72. The van der Waals surface area contributed by atoms with Crippen molar-refractivity contribution in [3.63, 3.8) is 0 Å². The minimum atomic E-state index is -0.243. The Kier molecular flexibility index (Phi) is 7.22. The molecule has 0 atom stereocenters. The number of carbonyl (C=O) groups excluding carboxylic acids is 1. The molecule has 3 aromatic carbocycles. The van der Waals surface area contributed by atoms with Crippen LogP contribution in [-0.4, -0.2) is 44.1 Å². The van der Waals surface area contributed by atoms with Crippen molar-refractivity contribution >= 4 is 35.0 Å². The van der Waals surface area contributed by atoms with Crippen LogP contribution in [0.25, 0.3) is 0 Å². The van der Waals surface area contributed by atoms with E-state index in [2.05, 4.69) is 4.90 Å². The number of rotatable bonds is 6. The van der Waals surface area contributed by atoms with Crippen molar-refractivity contribution in [1.82, 2.24) is 4.90 Å². The van der Waals surface area contributed by atoms with Gasteiger partial charge in [-0.1, -0.05) is 11.6 Å². The average Bonchev–Trinajstić information content (AvgIpc) is 2.83. The van der Waals surface area contributed by atoms with E-state index >= 15 is 0 Å². The molecule has 4 rings (SSSR count). The lowest BCUT2D eigenvalue weighted by Crippen LogP contribution is -2.48. The van der Waals surface area contributed by atoms with Gasteiger partial charge in [-0.25, -0.2) is 4.39 Å². The van der Waals surface area contributed by atoms with Crippen LogP contribution in [0.1, 0.15) is 15.9 Å². The van der Waals surface area contributed by atoms with Crippen molar-refractivity contribution in [3.05, 3.63) is 88.7 Å². The number of carbonyl (C=O) groups is 1. The Labute approximate surface area is 196 Å². The number of hydrogen-bond donors (Lipinski definition) is 0. The Morgan fingerprint density at radius 2 is 1.69 bits per heavy atom. The van der Waals surface area contributed by atoms with Gasteiger partial charge < -0.3 is 14.5 Å². The summed E-state index contributed by atoms with van der Waals surface area (Å²) in [5.74, 6) is 1.23. The van der Waals surface area contributed by atoms with Crippen LogP contribution in [0, 0.1) is 5.82 Å². The number of anilines is 1. The van der Waals surface area contributed by atoms with Crippen LogP contribution < -0.4 is 9.64 Å². The fourth-order valence-corrected chi connectivity index (χ4v) is 4.72. The van der Waals surface area contributed by atoms with Gasteiger partial charge in [0.1, 0.15) is 11.6 Å². The Morgan fingerprint density at radius 1 is 1.00 bits per heavy atom. The first-order chi connectivity index (χ1) is 15.5. The predicted octanol–water partition coefficient (Wildman–Crippen LogP) is 5.74. The molecule has 3 aromatic rings. The molecule has 0 N–H and O–H groups in total. The average molecular weight is 471 g/mol. The van der Waals surface area contributed by atoms with Crippen molar-refractivity contribution in [3.8, 4) is 5.75 Å². The van der Waals surface area contributed by atoms with E-state index in [1.165, 1.54) is 12.1 Å². The van der Waals surface area contributed by atoms with Gasteiger partial charge >= 0.3 is 0 Å². The third-order valence-electron chi connectivity index (χ3n) is 5.49. The minimum Gasteiger partial charge on any atom is -0.496 e. The third kappa shape index (κ3) is 5.37. The molecule has 32 heavy (non-hydrogen) atoms. The molecular weight excluding hydrogens is 447 g/mol. The highest BCUT2D eigenvalue weighted by molar-refractivity contribution is 7.98. The van der Waals surface area contributed by atoms with E-state index < -0.39 is 0 Å². The van der Waals surface area contributed by atoms with Gasteiger partial charge in [0, 0.05) is 58.7 Å². The summed E-state index contributed by atoms with van der Waals surface area (Å²) in [6.45, 7) is 2.67. The summed E-state index contributed by atoms with van der Waals surface area (Å²) in [7, 11) is 1.64. The maximum absolute atomic E-state index is 13.2. The molecule has 0 aromatic heterocycles. The van der Waals surface area contributed by atoms with E-state index in [-0.39, 0.29) is 11.7 Å². The molecule has 1 heterocycles. The van der Waals surface area contributed by atoms with Gasteiger partial charge in [0.2, 0.25) is 0 Å². The summed E-state index contributed by atoms with van der Waals surface area (Å²) >= 11 is 7.64. The zero-order chi connectivity index (χ0) is 22.5. The number of halogens is 2. The van der Waals surface area contributed by atoms with Crippen molar-refractivity contribution in [2.24, 2.45) is 0 Å². The number of ether oxygens (including phenoxy) is 1. The number of thioether (sulfide) groups is 1. The number of amides is 1. The first-order valence-electron chi connectivity index (χ1n) is 10.4. The van der Waals surface area contributed by atoms with Crippen LogP contribution in [0.2, 0.25) is 5.02 Å². The SMILES string of the molecule is COc1ccc(C(=O)N2CCN(c3ccc(F)cc3)CC2)cc1CSc1ccc(Cl)cc1. The smallest absolute Gasteiger partial charge is 0.253 e. The van der Waals surface area contributed by atoms with E-state index in [4.69, 9.17) is 16.3 Å². The van der Waals surface area contributed by atoms with E-state index in [9.17, 15) is 9.18 Å². The summed E-state index contributed by atoms with van der Waals surface area (Å²) < 4.78 is 18.7. The maximum atomic E-state index is 13.2. The standard InChI is InChI=1S/C25H24ClFN2O2S/c1-31-24-11-2-18(16-19(24)17-32-23-9-3-20(26)4-10-23)25(30)29-14-12-28(13-15-29)22-7-5-21(27)6-8-22/h2-11,16H,12-15,17H2,1H3. The molecule has 1 aliphatic rings. The van der Waals surface area contributed by atoms with Gasteiger partial charge in [0.15, 0.2) is 0 Å². The summed E-state index contributed by atoms with van der Waals surface area (Å²) in [6.07, 6.45) is 0. The van der Waals surface area contributed by atoms with Crippen LogP contribution in [0.5, 0.6) is 5.75 Å². The van der Waals surface area contributed by atoms with Crippen molar-refractivity contribution in [2.75, 3.05) is 38.2 Å². The molecular formula is C25H24ClFN2O2S. The minimum absolute atomic E-state index is 0.0177. The maximum Gasteiger partial charge on any atom is 0.253 e. The normalized spacial score (nSPS) is 13.8. The molecule has 0 spiro atoms. The van der Waals surface area contributed by atoms with Gasteiger partial charge in [0.05, 0.1) is 7.11 Å². The molecule has 1 fully saturated rings. The lowest BCUT2D eigenvalue weighted by atomic mass is 10.1. The van der Waals surface area contributed by atoms with Gasteiger partial charge in [-0.15, -0.1) is 11.8 Å². The topological polar surface area (TPSA) is 32.8 Å². The van der Waals surface area contributed by atoms with Crippen molar-refractivity contribution < 1.29 is 13.9 Å². The molecule has 1 amide bonds. The Balaban J connectivity index is 1.41. The lowest BCUT2D eigenvalue weighted by Gasteiger charge is -2.36. The second-order valence-electron chi connectivity index (χ2n) is 7.52. The summed E-state index contributed by atoms with van der Waals surface area (Å²) in [6, 6.07) is 19.8. The first kappa shape index (κ1) is 22.5. The van der Waals surface area contributed by atoms with E-state index in [1.54, 1.807) is 31.0 Å². The Hall–Kier alpha value is -2.70. The number of methoxy groups -OCH3 is 1. The number of hydrogen-bond acceptors (Lipinski definition) is 4. The van der Waals surface area contributed by atoms with Crippen LogP contribution in [-0.2, 0) is 5.75 Å². The quantitative estimate of drug-likeness (QED) is 0.430. The number of benzene rings is 3. The fraction of sp³-hybridized carbons (Fsp3) is 0.240. The molecule has 1 aliphatic heterocycles. The zero-order valence-corrected chi connectivity index (χ0v) is 19.3. The van der Waals surface area contributed by atoms with Crippen LogP contribution in [0.15, 0.2) is 71.6 Å². The van der Waals surface area contributed by atoms with E-state index in [0.29, 0.717) is 42.5 Å². The molecule has 0 bridgehead atoms. The summed E-state index contributed by atoms with van der Waals surface area (Å²) in [5, 5.41) is 0.707. The zero-order valence-electron chi connectivity index (χ0n) is 17.8. The van der Waals surface area contributed by atoms with Gasteiger partial charge in [-0.3, -0.25) is 4.79 Å². The molecule has 7 heteroatoms. The van der Waals surface area contributed by atoms with Crippen molar-refractivity contribution in [1.29, 1.82) is 0 Å². The lowest BCUT2D eigenvalue weighted by molar-refractivity contribution is 0.0746. The highest BCUT2D eigenvalue weighted by Crippen LogP contribution is 2.30. The van der Waals surface area contributed by atoms with Gasteiger partial charge in [-0.05, 0) is 66.7 Å².